The smallest absolute Gasteiger partial charge is 0.343 e. The predicted octanol–water partition coefficient (Wildman–Crippen LogP) is 2.74. The molecule has 0 bridgehead atoms. The Labute approximate surface area is 151 Å². The number of esters is 1. The Morgan fingerprint density at radius 1 is 1.12 bits per heavy atom. The maximum atomic E-state index is 12.2. The molecule has 0 spiro atoms. The minimum absolute atomic E-state index is 0.314. The zero-order chi connectivity index (χ0) is 18.7. The van der Waals surface area contributed by atoms with Crippen molar-refractivity contribution in [2.75, 3.05) is 0 Å². The van der Waals surface area contributed by atoms with Gasteiger partial charge in [-0.05, 0) is 56.5 Å². The van der Waals surface area contributed by atoms with Gasteiger partial charge in [-0.15, -0.1) is 0 Å². The molecule has 3 rings (SSSR count). The number of hydrogen-bond donors (Lipinski definition) is 2. The second-order valence-corrected chi connectivity index (χ2v) is 6.64. The van der Waals surface area contributed by atoms with Gasteiger partial charge in [0.15, 0.2) is 0 Å². The van der Waals surface area contributed by atoms with Crippen LogP contribution in [0.5, 0.6) is 5.75 Å². The fourth-order valence-electron chi connectivity index (χ4n) is 2.81. The molecule has 3 amide bonds. The summed E-state index contributed by atoms with van der Waals surface area (Å²) in [6.07, 6.45) is 1.09. The van der Waals surface area contributed by atoms with Crippen molar-refractivity contribution in [3.63, 3.8) is 0 Å². The van der Waals surface area contributed by atoms with E-state index in [1.165, 1.54) is 0 Å². The van der Waals surface area contributed by atoms with E-state index in [2.05, 4.69) is 10.6 Å². The third-order valence-electron chi connectivity index (χ3n) is 4.42. The predicted molar refractivity (Wildman–Crippen MR) is 96.0 cm³/mol. The Kier molecular flexibility index (Phi) is 4.75. The van der Waals surface area contributed by atoms with Crippen LogP contribution in [0.2, 0.25) is 0 Å². The third kappa shape index (κ3) is 3.91. The van der Waals surface area contributed by atoms with E-state index in [9.17, 15) is 14.4 Å². The molecule has 134 valence electrons. The van der Waals surface area contributed by atoms with E-state index in [0.717, 1.165) is 11.1 Å². The second kappa shape index (κ2) is 7.00. The lowest BCUT2D eigenvalue weighted by molar-refractivity contribution is -0.123. The van der Waals surface area contributed by atoms with E-state index >= 15 is 0 Å². The Balaban J connectivity index is 1.59. The summed E-state index contributed by atoms with van der Waals surface area (Å²) in [4.78, 5) is 35.2. The molecule has 0 radical (unpaired) electrons. The van der Waals surface area contributed by atoms with Crippen LogP contribution in [0.4, 0.5) is 4.79 Å². The van der Waals surface area contributed by atoms with Crippen LogP contribution in [0, 0.1) is 6.92 Å². The molecule has 6 heteroatoms. The molecule has 0 aliphatic carbocycles. The number of benzene rings is 2. The summed E-state index contributed by atoms with van der Waals surface area (Å²) in [6.45, 7) is 3.62. The molecule has 6 nitrogen and oxygen atoms in total. The molecule has 1 fully saturated rings. The molecule has 0 unspecified atom stereocenters. The van der Waals surface area contributed by atoms with Gasteiger partial charge in [0.05, 0.1) is 5.56 Å². The fraction of sp³-hybridized carbons (Fsp3) is 0.250. The van der Waals surface area contributed by atoms with Gasteiger partial charge in [0.1, 0.15) is 11.3 Å². The van der Waals surface area contributed by atoms with Gasteiger partial charge < -0.3 is 10.1 Å². The normalized spacial score (nSPS) is 19.0. The summed E-state index contributed by atoms with van der Waals surface area (Å²) in [5.74, 6) is -0.260. The highest BCUT2D eigenvalue weighted by Crippen LogP contribution is 2.20. The molecular formula is C20H20N2O4. The van der Waals surface area contributed by atoms with Crippen LogP contribution >= 0.6 is 0 Å². The maximum Gasteiger partial charge on any atom is 0.343 e. The first kappa shape index (κ1) is 17.7. The van der Waals surface area contributed by atoms with Crippen LogP contribution in [0.15, 0.2) is 48.5 Å². The molecule has 0 aromatic heterocycles. The number of aryl methyl sites for hydroxylation is 2. The zero-order valence-electron chi connectivity index (χ0n) is 14.7. The molecular weight excluding hydrogens is 332 g/mol. The monoisotopic (exact) mass is 352 g/mol. The molecule has 1 heterocycles. The van der Waals surface area contributed by atoms with E-state index in [1.54, 1.807) is 31.2 Å². The summed E-state index contributed by atoms with van der Waals surface area (Å²) < 4.78 is 5.38. The standard InChI is InChI=1S/C20H20N2O4/c1-13-4-3-5-15(12-13)17(23)26-16-8-6-14(7-9-16)10-11-20(2)18(24)21-19(25)22-20/h3-9,12H,10-11H2,1-2H3,(H2,21,22,24,25)/t20-/m1/s1. The van der Waals surface area contributed by atoms with Gasteiger partial charge in [-0.2, -0.15) is 0 Å². The summed E-state index contributed by atoms with van der Waals surface area (Å²) in [6, 6.07) is 13.9. The Bertz CT molecular complexity index is 860. The average Bonchev–Trinajstić information content (AvgIpc) is 2.86. The fourth-order valence-corrected chi connectivity index (χ4v) is 2.81. The topological polar surface area (TPSA) is 84.5 Å². The minimum Gasteiger partial charge on any atom is -0.423 e. The molecule has 1 atom stereocenters. The highest BCUT2D eigenvalue weighted by Gasteiger charge is 2.41. The van der Waals surface area contributed by atoms with Crippen LogP contribution < -0.4 is 15.4 Å². The molecule has 0 saturated carbocycles. The molecule has 1 aliphatic heterocycles. The minimum atomic E-state index is -0.895. The van der Waals surface area contributed by atoms with Gasteiger partial charge in [-0.25, -0.2) is 9.59 Å². The Morgan fingerprint density at radius 3 is 2.46 bits per heavy atom. The summed E-state index contributed by atoms with van der Waals surface area (Å²) >= 11 is 0. The Morgan fingerprint density at radius 2 is 1.85 bits per heavy atom. The van der Waals surface area contributed by atoms with Crippen molar-refractivity contribution >= 4 is 17.9 Å². The van der Waals surface area contributed by atoms with Crippen molar-refractivity contribution < 1.29 is 19.1 Å². The van der Waals surface area contributed by atoms with Crippen molar-refractivity contribution in [2.24, 2.45) is 0 Å². The number of rotatable bonds is 5. The van der Waals surface area contributed by atoms with Gasteiger partial charge >= 0.3 is 12.0 Å². The summed E-state index contributed by atoms with van der Waals surface area (Å²) in [7, 11) is 0. The molecule has 1 saturated heterocycles. The Hall–Kier alpha value is -3.15. The zero-order valence-corrected chi connectivity index (χ0v) is 14.7. The van der Waals surface area contributed by atoms with Crippen LogP contribution in [0.25, 0.3) is 0 Å². The number of imide groups is 1. The van der Waals surface area contributed by atoms with Crippen LogP contribution in [0.1, 0.15) is 34.8 Å². The van der Waals surface area contributed by atoms with Crippen molar-refractivity contribution in [1.82, 2.24) is 10.6 Å². The van der Waals surface area contributed by atoms with Gasteiger partial charge in [0.2, 0.25) is 0 Å². The van der Waals surface area contributed by atoms with Crippen LogP contribution in [0.3, 0.4) is 0 Å². The van der Waals surface area contributed by atoms with E-state index in [1.807, 2.05) is 31.2 Å². The van der Waals surface area contributed by atoms with Crippen LogP contribution in [-0.2, 0) is 11.2 Å². The maximum absolute atomic E-state index is 12.2. The van der Waals surface area contributed by atoms with Crippen LogP contribution in [-0.4, -0.2) is 23.4 Å². The van der Waals surface area contributed by atoms with Gasteiger partial charge in [-0.1, -0.05) is 29.8 Å². The van der Waals surface area contributed by atoms with E-state index in [-0.39, 0.29) is 5.91 Å². The highest BCUT2D eigenvalue weighted by atomic mass is 16.5. The summed E-state index contributed by atoms with van der Waals surface area (Å²) in [5.41, 5.74) is 1.58. The van der Waals surface area contributed by atoms with E-state index in [0.29, 0.717) is 24.2 Å². The SMILES string of the molecule is Cc1cccc(C(=O)Oc2ccc(CC[C@@]3(C)NC(=O)NC3=O)cc2)c1. The second-order valence-electron chi connectivity index (χ2n) is 6.64. The quantitative estimate of drug-likeness (QED) is 0.492. The average molecular weight is 352 g/mol. The lowest BCUT2D eigenvalue weighted by Gasteiger charge is -2.20. The lowest BCUT2D eigenvalue weighted by Crippen LogP contribution is -2.43. The molecule has 2 aromatic rings. The third-order valence-corrected chi connectivity index (χ3v) is 4.42. The first-order chi connectivity index (χ1) is 12.4. The van der Waals surface area contributed by atoms with Crippen molar-refractivity contribution in [1.29, 1.82) is 0 Å². The van der Waals surface area contributed by atoms with E-state index in [4.69, 9.17) is 4.74 Å². The largest absolute Gasteiger partial charge is 0.423 e. The number of ether oxygens (including phenoxy) is 1. The van der Waals surface area contributed by atoms with E-state index < -0.39 is 17.5 Å². The van der Waals surface area contributed by atoms with Crippen molar-refractivity contribution in [3.05, 3.63) is 65.2 Å². The number of hydrogen-bond acceptors (Lipinski definition) is 4. The number of carbonyl (C=O) groups is 3. The number of carbonyl (C=O) groups excluding carboxylic acids is 3. The van der Waals surface area contributed by atoms with Crippen molar-refractivity contribution in [2.45, 2.75) is 32.2 Å². The van der Waals surface area contributed by atoms with Gasteiger partial charge in [0.25, 0.3) is 5.91 Å². The number of nitrogens with one attached hydrogen (secondary N) is 2. The van der Waals surface area contributed by atoms with Gasteiger partial charge in [0, 0.05) is 0 Å². The number of urea groups is 1. The molecule has 26 heavy (non-hydrogen) atoms. The molecule has 1 aliphatic rings. The van der Waals surface area contributed by atoms with Gasteiger partial charge in [-0.3, -0.25) is 10.1 Å². The highest BCUT2D eigenvalue weighted by molar-refractivity contribution is 6.06. The summed E-state index contributed by atoms with van der Waals surface area (Å²) in [5, 5.41) is 4.89. The molecule has 2 aromatic carbocycles. The lowest BCUT2D eigenvalue weighted by atomic mass is 9.93. The molecule has 2 N–H and O–H groups in total. The van der Waals surface area contributed by atoms with Crippen molar-refractivity contribution in [3.8, 4) is 5.75 Å². The first-order valence-electron chi connectivity index (χ1n) is 8.37. The first-order valence-corrected chi connectivity index (χ1v) is 8.37. The number of amides is 3.